The van der Waals surface area contributed by atoms with Gasteiger partial charge in [0.1, 0.15) is 11.4 Å². The van der Waals surface area contributed by atoms with Gasteiger partial charge in [-0.15, -0.1) is 0 Å². The summed E-state index contributed by atoms with van der Waals surface area (Å²) >= 11 is 6.02. The van der Waals surface area contributed by atoms with E-state index in [0.29, 0.717) is 34.3 Å². The maximum atomic E-state index is 12.5. The van der Waals surface area contributed by atoms with Crippen molar-refractivity contribution in [3.8, 4) is 5.75 Å². The number of nitrogens with two attached hydrogens (primary N) is 1. The van der Waals surface area contributed by atoms with Gasteiger partial charge < -0.3 is 10.5 Å². The van der Waals surface area contributed by atoms with Crippen LogP contribution in [0.2, 0.25) is 5.02 Å². The first-order valence-electron chi connectivity index (χ1n) is 5.78. The number of aromatic nitrogens is 2. The van der Waals surface area contributed by atoms with Crippen LogP contribution < -0.4 is 10.5 Å². The number of hydrogen-bond donors (Lipinski definition) is 1. The molecular weight excluding hydrogens is 266 g/mol. The number of anilines is 1. The van der Waals surface area contributed by atoms with E-state index in [4.69, 9.17) is 22.1 Å². The summed E-state index contributed by atoms with van der Waals surface area (Å²) in [5.41, 5.74) is 6.92. The Hall–Kier alpha value is -2.01. The Morgan fingerprint density at radius 1 is 1.53 bits per heavy atom. The van der Waals surface area contributed by atoms with Gasteiger partial charge in [0, 0.05) is 12.2 Å². The summed E-state index contributed by atoms with van der Waals surface area (Å²) in [6.45, 7) is 2.44. The van der Waals surface area contributed by atoms with Crippen molar-refractivity contribution in [1.82, 2.24) is 9.78 Å². The van der Waals surface area contributed by atoms with Crippen LogP contribution in [0.15, 0.2) is 24.4 Å². The second kappa shape index (κ2) is 5.32. The normalized spacial score (nSPS) is 10.5. The molecule has 0 aliphatic rings. The number of carbonyl (C=O) groups excluding carboxylic acids is 1. The van der Waals surface area contributed by atoms with Gasteiger partial charge in [0.25, 0.3) is 0 Å². The van der Waals surface area contributed by atoms with Crippen molar-refractivity contribution in [1.29, 1.82) is 0 Å². The molecule has 1 heterocycles. The molecule has 5 nitrogen and oxygen atoms in total. The first-order valence-corrected chi connectivity index (χ1v) is 6.15. The van der Waals surface area contributed by atoms with E-state index in [9.17, 15) is 4.79 Å². The van der Waals surface area contributed by atoms with Gasteiger partial charge >= 0.3 is 0 Å². The Kier molecular flexibility index (Phi) is 3.76. The number of carbonyl (C=O) groups is 1. The second-order valence-corrected chi connectivity index (χ2v) is 4.35. The lowest BCUT2D eigenvalue weighted by Gasteiger charge is -2.09. The molecule has 100 valence electrons. The standard InChI is InChI=1S/C13H14ClN3O2/c1-3-17-12(10(14)7-16-17)13(18)9-6-8(19-2)4-5-11(9)15/h4-7H,3,15H2,1-2H3. The number of benzene rings is 1. The molecule has 2 aromatic rings. The molecule has 0 aliphatic carbocycles. The van der Waals surface area contributed by atoms with Crippen LogP contribution in [0.5, 0.6) is 5.75 Å². The number of ether oxygens (including phenoxy) is 1. The number of aryl methyl sites for hydroxylation is 1. The summed E-state index contributed by atoms with van der Waals surface area (Å²) < 4.78 is 6.65. The zero-order chi connectivity index (χ0) is 14.0. The van der Waals surface area contributed by atoms with E-state index >= 15 is 0 Å². The van der Waals surface area contributed by atoms with Gasteiger partial charge in [-0.2, -0.15) is 5.10 Å². The van der Waals surface area contributed by atoms with E-state index in [1.807, 2.05) is 6.92 Å². The molecule has 19 heavy (non-hydrogen) atoms. The van der Waals surface area contributed by atoms with Gasteiger partial charge in [0.05, 0.1) is 23.9 Å². The molecule has 6 heteroatoms. The molecule has 0 amide bonds. The zero-order valence-electron chi connectivity index (χ0n) is 10.7. The number of hydrogen-bond acceptors (Lipinski definition) is 4. The Bertz CT molecular complexity index is 622. The lowest BCUT2D eigenvalue weighted by atomic mass is 10.1. The number of methoxy groups -OCH3 is 1. The SMILES string of the molecule is CCn1ncc(Cl)c1C(=O)c1cc(OC)ccc1N. The molecule has 0 saturated carbocycles. The number of nitrogen functional groups attached to an aromatic ring is 1. The number of nitrogens with zero attached hydrogens (tertiary/aromatic N) is 2. The smallest absolute Gasteiger partial charge is 0.214 e. The van der Waals surface area contributed by atoms with Gasteiger partial charge in [-0.25, -0.2) is 0 Å². The molecular formula is C13H14ClN3O2. The van der Waals surface area contributed by atoms with Crippen molar-refractivity contribution in [3.63, 3.8) is 0 Å². The van der Waals surface area contributed by atoms with Crippen LogP contribution in [-0.4, -0.2) is 22.7 Å². The van der Waals surface area contributed by atoms with Crippen LogP contribution in [0.1, 0.15) is 23.0 Å². The fourth-order valence-corrected chi connectivity index (χ4v) is 2.04. The molecule has 0 fully saturated rings. The molecule has 2 N–H and O–H groups in total. The third-order valence-corrected chi connectivity index (χ3v) is 3.09. The predicted octanol–water partition coefficient (Wildman–Crippen LogP) is 2.38. The highest BCUT2D eigenvalue weighted by Crippen LogP contribution is 2.25. The van der Waals surface area contributed by atoms with Gasteiger partial charge in [-0.3, -0.25) is 9.48 Å². The van der Waals surface area contributed by atoms with Crippen LogP contribution in [0, 0.1) is 0 Å². The Morgan fingerprint density at radius 3 is 2.89 bits per heavy atom. The first-order chi connectivity index (χ1) is 9.08. The second-order valence-electron chi connectivity index (χ2n) is 3.94. The highest BCUT2D eigenvalue weighted by atomic mass is 35.5. The Balaban J connectivity index is 2.52. The molecule has 0 spiro atoms. The average Bonchev–Trinajstić information content (AvgIpc) is 2.79. The zero-order valence-corrected chi connectivity index (χ0v) is 11.4. The van der Waals surface area contributed by atoms with Gasteiger partial charge in [0.2, 0.25) is 5.78 Å². The topological polar surface area (TPSA) is 70.1 Å². The molecule has 0 atom stereocenters. The Morgan fingerprint density at radius 2 is 2.26 bits per heavy atom. The van der Waals surface area contributed by atoms with Gasteiger partial charge in [-0.1, -0.05) is 11.6 Å². The van der Waals surface area contributed by atoms with Gasteiger partial charge in [0.15, 0.2) is 0 Å². The summed E-state index contributed by atoms with van der Waals surface area (Å²) in [7, 11) is 1.53. The molecule has 1 aromatic carbocycles. The maximum absolute atomic E-state index is 12.5. The summed E-state index contributed by atoms with van der Waals surface area (Å²) in [5, 5.41) is 4.36. The van der Waals surface area contributed by atoms with E-state index in [1.165, 1.54) is 13.3 Å². The number of halogens is 1. The molecule has 2 rings (SSSR count). The van der Waals surface area contributed by atoms with E-state index in [2.05, 4.69) is 5.10 Å². The summed E-state index contributed by atoms with van der Waals surface area (Å²) in [4.78, 5) is 12.5. The minimum absolute atomic E-state index is 0.263. The van der Waals surface area contributed by atoms with E-state index in [1.54, 1.807) is 22.9 Å². The largest absolute Gasteiger partial charge is 0.497 e. The summed E-state index contributed by atoms with van der Waals surface area (Å²) in [6, 6.07) is 4.93. The molecule has 0 aliphatic heterocycles. The number of ketones is 1. The third-order valence-electron chi connectivity index (χ3n) is 2.81. The molecule has 0 unspecified atom stereocenters. The summed E-state index contributed by atoms with van der Waals surface area (Å²) in [6.07, 6.45) is 1.45. The van der Waals surface area contributed by atoms with Crippen LogP contribution in [0.4, 0.5) is 5.69 Å². The molecule has 1 aromatic heterocycles. The van der Waals surface area contributed by atoms with E-state index in [-0.39, 0.29) is 5.78 Å². The highest BCUT2D eigenvalue weighted by molar-refractivity contribution is 6.34. The minimum Gasteiger partial charge on any atom is -0.497 e. The van der Waals surface area contributed by atoms with Crippen molar-refractivity contribution in [2.45, 2.75) is 13.5 Å². The quantitative estimate of drug-likeness (QED) is 0.689. The first kappa shape index (κ1) is 13.4. The lowest BCUT2D eigenvalue weighted by molar-refractivity contribution is 0.102. The summed E-state index contributed by atoms with van der Waals surface area (Å²) in [5.74, 6) is 0.303. The van der Waals surface area contributed by atoms with Crippen LogP contribution >= 0.6 is 11.6 Å². The van der Waals surface area contributed by atoms with Crippen molar-refractivity contribution < 1.29 is 9.53 Å². The average molecular weight is 280 g/mol. The van der Waals surface area contributed by atoms with Crippen molar-refractivity contribution in [3.05, 3.63) is 40.7 Å². The number of rotatable bonds is 4. The fraction of sp³-hybridized carbons (Fsp3) is 0.231. The fourth-order valence-electron chi connectivity index (χ4n) is 1.81. The van der Waals surface area contributed by atoms with Crippen LogP contribution in [-0.2, 0) is 6.54 Å². The monoisotopic (exact) mass is 279 g/mol. The Labute approximate surface area is 115 Å². The van der Waals surface area contributed by atoms with E-state index in [0.717, 1.165) is 0 Å². The van der Waals surface area contributed by atoms with Crippen molar-refractivity contribution in [2.24, 2.45) is 0 Å². The minimum atomic E-state index is -0.263. The maximum Gasteiger partial charge on any atom is 0.214 e. The van der Waals surface area contributed by atoms with Crippen molar-refractivity contribution in [2.75, 3.05) is 12.8 Å². The molecule has 0 radical (unpaired) electrons. The predicted molar refractivity (Wildman–Crippen MR) is 73.7 cm³/mol. The molecule has 0 bridgehead atoms. The van der Waals surface area contributed by atoms with Gasteiger partial charge in [-0.05, 0) is 25.1 Å². The van der Waals surface area contributed by atoms with Crippen LogP contribution in [0.3, 0.4) is 0 Å². The third kappa shape index (κ3) is 2.42. The lowest BCUT2D eigenvalue weighted by Crippen LogP contribution is -2.13. The highest BCUT2D eigenvalue weighted by Gasteiger charge is 2.21. The van der Waals surface area contributed by atoms with Crippen molar-refractivity contribution >= 4 is 23.1 Å². The van der Waals surface area contributed by atoms with Crippen LogP contribution in [0.25, 0.3) is 0 Å². The van der Waals surface area contributed by atoms with E-state index < -0.39 is 0 Å². The molecule has 0 saturated heterocycles.